The number of rotatable bonds is 4. The van der Waals surface area contributed by atoms with Crippen molar-refractivity contribution in [2.75, 3.05) is 30.4 Å². The number of carboxylic acids is 1. The van der Waals surface area contributed by atoms with E-state index in [2.05, 4.69) is 20.3 Å². The van der Waals surface area contributed by atoms with Crippen LogP contribution in [0.1, 0.15) is 17.3 Å². The number of β-amino-alcohol motifs (C(OH)–C–C–N with tert-alkyl or cyclic N) is 1. The van der Waals surface area contributed by atoms with Crippen LogP contribution in [-0.4, -0.2) is 61.9 Å². The Balaban J connectivity index is 1.72. The number of nitrogens with one attached hydrogen (secondary N) is 2. The molecule has 4 aromatic heterocycles. The fraction of sp³-hybridized carbons (Fsp3) is 0.259. The molecule has 1 fully saturated rings. The molecule has 10 nitrogen and oxygen atoms in total. The van der Waals surface area contributed by atoms with E-state index in [1.54, 1.807) is 20.3 Å². The van der Waals surface area contributed by atoms with E-state index in [4.69, 9.17) is 0 Å². The zero-order chi connectivity index (χ0) is 27.7. The molecular formula is C27H24F2N6O4. The van der Waals surface area contributed by atoms with Crippen LogP contribution in [-0.2, 0) is 7.05 Å². The van der Waals surface area contributed by atoms with Crippen LogP contribution >= 0.6 is 0 Å². The molecule has 12 heteroatoms. The predicted molar refractivity (Wildman–Crippen MR) is 143 cm³/mol. The van der Waals surface area contributed by atoms with Gasteiger partial charge < -0.3 is 30.0 Å². The maximum atomic E-state index is 15.4. The smallest absolute Gasteiger partial charge is 0.341 e. The van der Waals surface area contributed by atoms with Crippen LogP contribution in [0.3, 0.4) is 0 Å². The molecule has 5 heterocycles. The number of carbonyl (C=O) groups is 1. The lowest BCUT2D eigenvalue weighted by atomic mass is 10.0. The summed E-state index contributed by atoms with van der Waals surface area (Å²) in [7, 11) is 3.19. The highest BCUT2D eigenvalue weighted by atomic mass is 19.2. The number of fused-ring (bicyclic) bond motifs is 4. The molecule has 0 spiro atoms. The number of aryl methyl sites for hydroxylation is 1. The van der Waals surface area contributed by atoms with Gasteiger partial charge in [0.25, 0.3) is 0 Å². The van der Waals surface area contributed by atoms with Crippen molar-refractivity contribution in [3.63, 3.8) is 0 Å². The molecular weight excluding hydrogens is 510 g/mol. The van der Waals surface area contributed by atoms with Gasteiger partial charge in [0, 0.05) is 68.9 Å². The van der Waals surface area contributed by atoms with E-state index in [9.17, 15) is 24.2 Å². The third-order valence-electron chi connectivity index (χ3n) is 7.48. The van der Waals surface area contributed by atoms with Crippen molar-refractivity contribution in [1.82, 2.24) is 19.5 Å². The number of H-pyrrole nitrogens is 1. The number of aromatic amines is 1. The quantitative estimate of drug-likeness (QED) is 0.275. The number of aromatic nitrogens is 4. The molecule has 1 aromatic carbocycles. The van der Waals surface area contributed by atoms with Gasteiger partial charge in [-0.05, 0) is 6.07 Å². The second kappa shape index (κ2) is 8.73. The third-order valence-corrected chi connectivity index (χ3v) is 7.48. The minimum atomic E-state index is -1.36. The standard InChI is InChI=1S/C27H24F2N6O4/c1-11-8-35(10-18(11)36)23-14(12-4-13-24(37)15(27(38)39)9-34(3)26(13)32-6-12)7-31-25-20(23)19-21(29)16(28)5-17(30-2)22(19)33-25/h4-7,9,11,18,30,36H,8,10H2,1-3H3,(H,31,33)(H,38,39). The van der Waals surface area contributed by atoms with Gasteiger partial charge in [-0.2, -0.15) is 0 Å². The first-order chi connectivity index (χ1) is 18.6. The van der Waals surface area contributed by atoms with Gasteiger partial charge in [0.15, 0.2) is 11.6 Å². The molecule has 1 saturated heterocycles. The van der Waals surface area contributed by atoms with Gasteiger partial charge in [0.2, 0.25) is 5.43 Å². The molecule has 1 aliphatic rings. The van der Waals surface area contributed by atoms with E-state index in [1.807, 2.05) is 11.8 Å². The van der Waals surface area contributed by atoms with Crippen LogP contribution in [0.15, 0.2) is 35.5 Å². The molecule has 39 heavy (non-hydrogen) atoms. The summed E-state index contributed by atoms with van der Waals surface area (Å²) in [4.78, 5) is 38.6. The summed E-state index contributed by atoms with van der Waals surface area (Å²) in [6, 6.07) is 2.60. The molecule has 6 rings (SSSR count). The summed E-state index contributed by atoms with van der Waals surface area (Å²) >= 11 is 0. The number of anilines is 2. The highest BCUT2D eigenvalue weighted by Crippen LogP contribution is 2.44. The van der Waals surface area contributed by atoms with Crippen molar-refractivity contribution in [3.8, 4) is 11.1 Å². The van der Waals surface area contributed by atoms with Crippen molar-refractivity contribution in [1.29, 1.82) is 0 Å². The van der Waals surface area contributed by atoms with Crippen molar-refractivity contribution in [2.45, 2.75) is 13.0 Å². The number of benzene rings is 1. The molecule has 2 unspecified atom stereocenters. The van der Waals surface area contributed by atoms with Crippen molar-refractivity contribution < 1.29 is 23.8 Å². The van der Waals surface area contributed by atoms with Crippen LogP contribution in [0.5, 0.6) is 0 Å². The van der Waals surface area contributed by atoms with Gasteiger partial charge in [0.1, 0.15) is 16.9 Å². The zero-order valence-corrected chi connectivity index (χ0v) is 21.2. The highest BCUT2D eigenvalue weighted by Gasteiger charge is 2.33. The largest absolute Gasteiger partial charge is 0.477 e. The Bertz CT molecular complexity index is 1890. The minimum absolute atomic E-state index is 0.00516. The van der Waals surface area contributed by atoms with Gasteiger partial charge in [-0.25, -0.2) is 23.5 Å². The summed E-state index contributed by atoms with van der Waals surface area (Å²) in [5.74, 6) is -3.53. The predicted octanol–water partition coefficient (Wildman–Crippen LogP) is 3.47. The van der Waals surface area contributed by atoms with Gasteiger partial charge in [0.05, 0.1) is 39.2 Å². The number of hydrogen-bond acceptors (Lipinski definition) is 7. The Hall–Kier alpha value is -4.58. The topological polar surface area (TPSA) is 136 Å². The highest BCUT2D eigenvalue weighted by molar-refractivity contribution is 6.18. The van der Waals surface area contributed by atoms with Gasteiger partial charge >= 0.3 is 5.97 Å². The van der Waals surface area contributed by atoms with Gasteiger partial charge in [-0.1, -0.05) is 6.92 Å². The summed E-state index contributed by atoms with van der Waals surface area (Å²) < 4.78 is 31.6. The number of aliphatic hydroxyl groups is 1. The van der Waals surface area contributed by atoms with Crippen LogP contribution in [0, 0.1) is 17.6 Å². The zero-order valence-electron chi connectivity index (χ0n) is 21.2. The molecule has 200 valence electrons. The average molecular weight is 535 g/mol. The molecule has 0 amide bonds. The summed E-state index contributed by atoms with van der Waals surface area (Å²) in [5.41, 5.74) is 1.59. The lowest BCUT2D eigenvalue weighted by molar-refractivity contribution is 0.0695. The molecule has 0 aliphatic carbocycles. The van der Waals surface area contributed by atoms with E-state index in [1.165, 1.54) is 23.0 Å². The SMILES string of the molecule is CNc1cc(F)c(F)c2c1[nH]c1ncc(-c3cnc4c(c3)c(=O)c(C(=O)O)cn4C)c(N3CC(C)C(O)C3)c12. The molecule has 0 saturated carbocycles. The first-order valence-corrected chi connectivity index (χ1v) is 12.3. The van der Waals surface area contributed by atoms with E-state index in [-0.39, 0.29) is 28.9 Å². The number of aromatic carboxylic acids is 1. The van der Waals surface area contributed by atoms with Crippen molar-refractivity contribution >= 4 is 50.3 Å². The molecule has 1 aliphatic heterocycles. The second-order valence-electron chi connectivity index (χ2n) is 9.92. The molecule has 0 bridgehead atoms. The number of pyridine rings is 3. The Morgan fingerprint density at radius 2 is 1.95 bits per heavy atom. The molecule has 4 N–H and O–H groups in total. The Morgan fingerprint density at radius 3 is 2.62 bits per heavy atom. The van der Waals surface area contributed by atoms with E-state index >= 15 is 4.39 Å². The number of nitrogens with zero attached hydrogens (tertiary/aromatic N) is 4. The van der Waals surface area contributed by atoms with E-state index in [0.717, 1.165) is 6.07 Å². The van der Waals surface area contributed by atoms with Crippen LogP contribution < -0.4 is 15.6 Å². The maximum absolute atomic E-state index is 15.4. The minimum Gasteiger partial charge on any atom is -0.477 e. The first kappa shape index (κ1) is 24.7. The molecule has 0 radical (unpaired) electrons. The lowest BCUT2D eigenvalue weighted by Crippen LogP contribution is -2.22. The lowest BCUT2D eigenvalue weighted by Gasteiger charge is -2.23. The second-order valence-corrected chi connectivity index (χ2v) is 9.92. The fourth-order valence-corrected chi connectivity index (χ4v) is 5.48. The fourth-order valence-electron chi connectivity index (χ4n) is 5.48. The summed E-state index contributed by atoms with van der Waals surface area (Å²) in [5, 5.41) is 23.4. The first-order valence-electron chi connectivity index (χ1n) is 12.3. The van der Waals surface area contributed by atoms with Gasteiger partial charge in [-0.15, -0.1) is 0 Å². The number of hydrogen-bond donors (Lipinski definition) is 4. The normalized spacial score (nSPS) is 17.5. The van der Waals surface area contributed by atoms with Crippen LogP contribution in [0.2, 0.25) is 0 Å². The van der Waals surface area contributed by atoms with Crippen molar-refractivity contribution in [3.05, 3.63) is 58.1 Å². The molecule has 5 aromatic rings. The van der Waals surface area contributed by atoms with E-state index in [0.29, 0.717) is 45.6 Å². The molecule has 2 atom stereocenters. The van der Waals surface area contributed by atoms with Crippen LogP contribution in [0.25, 0.3) is 44.1 Å². The monoisotopic (exact) mass is 534 g/mol. The van der Waals surface area contributed by atoms with Crippen LogP contribution in [0.4, 0.5) is 20.2 Å². The average Bonchev–Trinajstić information content (AvgIpc) is 3.47. The number of carboxylic acid groups (broad SMARTS) is 1. The van der Waals surface area contributed by atoms with E-state index < -0.39 is 34.7 Å². The number of aliphatic hydroxyl groups excluding tert-OH is 1. The third kappa shape index (κ3) is 3.62. The van der Waals surface area contributed by atoms with Gasteiger partial charge in [-0.3, -0.25) is 4.79 Å². The summed E-state index contributed by atoms with van der Waals surface area (Å²) in [6.07, 6.45) is 3.63. The maximum Gasteiger partial charge on any atom is 0.341 e. The Kier molecular flexibility index (Phi) is 5.54. The van der Waals surface area contributed by atoms with Crippen molar-refractivity contribution in [2.24, 2.45) is 13.0 Å². The Labute approximate surface area is 219 Å². The Morgan fingerprint density at radius 1 is 1.18 bits per heavy atom. The summed E-state index contributed by atoms with van der Waals surface area (Å²) in [6.45, 7) is 2.56. The number of halogens is 2.